The number of piperidine rings is 1. The minimum atomic E-state index is 0.345. The predicted molar refractivity (Wildman–Crippen MR) is 92.1 cm³/mol. The first-order valence-electron chi connectivity index (χ1n) is 9.64. The predicted octanol–water partition coefficient (Wildman–Crippen LogP) is 1.87. The van der Waals surface area contributed by atoms with Crippen LogP contribution in [-0.2, 0) is 4.79 Å². The van der Waals surface area contributed by atoms with Gasteiger partial charge in [0.2, 0.25) is 5.91 Å². The molecule has 2 aliphatic heterocycles. The normalized spacial score (nSPS) is 38.8. The van der Waals surface area contributed by atoms with E-state index < -0.39 is 0 Å². The molecular weight excluding hydrogens is 286 g/mol. The molecule has 2 heterocycles. The van der Waals surface area contributed by atoms with Gasteiger partial charge in [-0.05, 0) is 44.9 Å². The summed E-state index contributed by atoms with van der Waals surface area (Å²) < 4.78 is 0. The number of hydrogen-bond acceptors (Lipinski definition) is 3. The molecule has 0 radical (unpaired) electrons. The minimum Gasteiger partial charge on any atom is -0.343 e. The summed E-state index contributed by atoms with van der Waals surface area (Å²) in [5.41, 5.74) is 3.41. The molecule has 4 nitrogen and oxygen atoms in total. The summed E-state index contributed by atoms with van der Waals surface area (Å²) in [4.78, 5) is 17.3. The molecule has 23 heavy (non-hydrogen) atoms. The molecule has 4 rings (SSSR count). The molecule has 1 saturated carbocycles. The third-order valence-corrected chi connectivity index (χ3v) is 6.88. The van der Waals surface area contributed by atoms with Gasteiger partial charge < -0.3 is 10.2 Å². The van der Waals surface area contributed by atoms with Gasteiger partial charge in [-0.25, -0.2) is 0 Å². The number of carbonyl (C=O) groups is 1. The van der Waals surface area contributed by atoms with Crippen molar-refractivity contribution in [3.8, 4) is 0 Å². The number of hydrogen-bond donors (Lipinski definition) is 1. The molecule has 1 N–H and O–H groups in total. The zero-order valence-corrected chi connectivity index (χ0v) is 14.8. The largest absolute Gasteiger partial charge is 0.343 e. The molecule has 4 heteroatoms. The van der Waals surface area contributed by atoms with Gasteiger partial charge in [-0.15, -0.1) is 0 Å². The van der Waals surface area contributed by atoms with E-state index in [2.05, 4.69) is 31.0 Å². The van der Waals surface area contributed by atoms with E-state index in [9.17, 15) is 4.79 Å². The van der Waals surface area contributed by atoms with Crippen molar-refractivity contribution in [1.82, 2.24) is 15.1 Å². The molecule has 2 aliphatic carbocycles. The molecule has 128 valence electrons. The van der Waals surface area contributed by atoms with Gasteiger partial charge in [-0.1, -0.05) is 18.1 Å². The van der Waals surface area contributed by atoms with Crippen LogP contribution in [0, 0.1) is 17.8 Å². The summed E-state index contributed by atoms with van der Waals surface area (Å²) in [7, 11) is 0. The fraction of sp³-hybridized carbons (Fsp3) is 0.842. The van der Waals surface area contributed by atoms with Crippen molar-refractivity contribution in [2.24, 2.45) is 17.8 Å². The Kier molecular flexibility index (Phi) is 4.01. The average molecular weight is 317 g/mol. The summed E-state index contributed by atoms with van der Waals surface area (Å²) in [5.74, 6) is 2.07. The molecule has 0 aromatic rings. The van der Waals surface area contributed by atoms with Crippen molar-refractivity contribution in [2.45, 2.75) is 52.1 Å². The molecule has 4 unspecified atom stereocenters. The van der Waals surface area contributed by atoms with E-state index in [4.69, 9.17) is 0 Å². The summed E-state index contributed by atoms with van der Waals surface area (Å²) in [6.45, 7) is 11.6. The molecule has 4 atom stereocenters. The zero-order chi connectivity index (χ0) is 16.1. The van der Waals surface area contributed by atoms with Gasteiger partial charge >= 0.3 is 0 Å². The molecule has 1 amide bonds. The third-order valence-electron chi connectivity index (χ3n) is 6.88. The van der Waals surface area contributed by atoms with Crippen molar-refractivity contribution in [3.63, 3.8) is 0 Å². The quantitative estimate of drug-likeness (QED) is 0.787. The number of likely N-dealkylation sites (tertiary alicyclic amines) is 1. The number of amides is 1. The Balaban J connectivity index is 1.31. The van der Waals surface area contributed by atoms with Crippen molar-refractivity contribution < 1.29 is 4.79 Å². The molecular formula is C19H31N3O. The molecule has 0 aromatic heterocycles. The Morgan fingerprint density at radius 2 is 1.87 bits per heavy atom. The highest BCUT2D eigenvalue weighted by Gasteiger charge is 2.60. The molecule has 0 spiro atoms. The Hall–Kier alpha value is -0.870. The maximum absolute atomic E-state index is 12.5. The first kappa shape index (κ1) is 15.6. The molecule has 1 saturated heterocycles. The lowest BCUT2D eigenvalue weighted by Gasteiger charge is -2.29. The maximum Gasteiger partial charge on any atom is 0.226 e. The van der Waals surface area contributed by atoms with Crippen LogP contribution in [0.15, 0.2) is 11.1 Å². The smallest absolute Gasteiger partial charge is 0.226 e. The van der Waals surface area contributed by atoms with Crippen LogP contribution in [0.25, 0.3) is 0 Å². The second-order valence-electron chi connectivity index (χ2n) is 7.85. The van der Waals surface area contributed by atoms with E-state index in [0.717, 1.165) is 38.8 Å². The van der Waals surface area contributed by atoms with Crippen LogP contribution in [-0.4, -0.2) is 60.5 Å². The van der Waals surface area contributed by atoms with Crippen LogP contribution >= 0.6 is 0 Å². The highest BCUT2D eigenvalue weighted by molar-refractivity contribution is 5.82. The Bertz CT molecular complexity index is 513. The summed E-state index contributed by atoms with van der Waals surface area (Å²) in [6.07, 6.45) is 3.76. The van der Waals surface area contributed by atoms with Crippen LogP contribution in [0.1, 0.15) is 40.0 Å². The lowest BCUT2D eigenvalue weighted by atomic mass is 10.0. The Morgan fingerprint density at radius 3 is 2.48 bits per heavy atom. The van der Waals surface area contributed by atoms with E-state index in [1.807, 2.05) is 4.90 Å². The van der Waals surface area contributed by atoms with Crippen LogP contribution < -0.4 is 5.32 Å². The standard InChI is InChI=1S/C19H31N3O/c1-4-17-14-8-13(7-12(14)9-20-17)22-10-15-16(11-22)18(15)19(23)21(5-2)6-3/h13,15-18,20H,4-11H2,1-3H3. The van der Waals surface area contributed by atoms with Gasteiger partial charge in [0.15, 0.2) is 0 Å². The van der Waals surface area contributed by atoms with Crippen molar-refractivity contribution in [2.75, 3.05) is 32.7 Å². The van der Waals surface area contributed by atoms with E-state index in [0.29, 0.717) is 29.7 Å². The summed E-state index contributed by atoms with van der Waals surface area (Å²) in [6, 6.07) is 1.37. The van der Waals surface area contributed by atoms with Gasteiger partial charge in [0.25, 0.3) is 0 Å². The first-order chi connectivity index (χ1) is 11.2. The molecule has 0 aromatic carbocycles. The topological polar surface area (TPSA) is 35.6 Å². The highest BCUT2D eigenvalue weighted by Crippen LogP contribution is 2.54. The number of rotatable bonds is 5. The molecule has 4 aliphatic rings. The van der Waals surface area contributed by atoms with Crippen molar-refractivity contribution >= 4 is 5.91 Å². The van der Waals surface area contributed by atoms with E-state index in [1.165, 1.54) is 19.3 Å². The van der Waals surface area contributed by atoms with Crippen molar-refractivity contribution in [1.29, 1.82) is 0 Å². The van der Waals surface area contributed by atoms with E-state index in [1.54, 1.807) is 11.1 Å². The summed E-state index contributed by atoms with van der Waals surface area (Å²) >= 11 is 0. The fourth-order valence-corrected chi connectivity index (χ4v) is 5.45. The van der Waals surface area contributed by atoms with Gasteiger partial charge in [0.1, 0.15) is 0 Å². The zero-order valence-electron chi connectivity index (χ0n) is 14.8. The van der Waals surface area contributed by atoms with Crippen LogP contribution in [0.2, 0.25) is 0 Å². The summed E-state index contributed by atoms with van der Waals surface area (Å²) in [5, 5.41) is 3.64. The number of carbonyl (C=O) groups excluding carboxylic acids is 1. The lowest BCUT2D eigenvalue weighted by Crippen LogP contribution is -2.39. The Labute approximate surface area is 140 Å². The average Bonchev–Trinajstić information content (AvgIpc) is 2.96. The van der Waals surface area contributed by atoms with Crippen LogP contribution in [0.4, 0.5) is 0 Å². The number of nitrogens with zero attached hydrogens (tertiary/aromatic N) is 2. The van der Waals surface area contributed by atoms with E-state index >= 15 is 0 Å². The maximum atomic E-state index is 12.5. The molecule has 2 fully saturated rings. The SMILES string of the molecule is CCC1NCC2=C1CC(N1CC3C(C1)C3C(=O)N(CC)CC)C2. The third kappa shape index (κ3) is 2.45. The second kappa shape index (κ2) is 5.89. The van der Waals surface area contributed by atoms with Gasteiger partial charge in [-0.2, -0.15) is 0 Å². The van der Waals surface area contributed by atoms with Gasteiger partial charge in [0.05, 0.1) is 0 Å². The van der Waals surface area contributed by atoms with E-state index in [-0.39, 0.29) is 0 Å². The lowest BCUT2D eigenvalue weighted by molar-refractivity contribution is -0.133. The van der Waals surface area contributed by atoms with Crippen molar-refractivity contribution in [3.05, 3.63) is 11.1 Å². The Morgan fingerprint density at radius 1 is 1.17 bits per heavy atom. The number of fused-ring (bicyclic) bond motifs is 1. The first-order valence-corrected chi connectivity index (χ1v) is 9.64. The van der Waals surface area contributed by atoms with Gasteiger partial charge in [0, 0.05) is 50.7 Å². The fourth-order valence-electron chi connectivity index (χ4n) is 5.45. The van der Waals surface area contributed by atoms with Crippen LogP contribution in [0.5, 0.6) is 0 Å². The minimum absolute atomic E-state index is 0.345. The number of nitrogens with one attached hydrogen (secondary N) is 1. The highest BCUT2D eigenvalue weighted by atomic mass is 16.2. The molecule has 0 bridgehead atoms. The van der Waals surface area contributed by atoms with Crippen LogP contribution in [0.3, 0.4) is 0 Å². The van der Waals surface area contributed by atoms with Gasteiger partial charge in [-0.3, -0.25) is 9.69 Å². The monoisotopic (exact) mass is 317 g/mol. The second-order valence-corrected chi connectivity index (χ2v) is 7.85.